The molecule has 4 aromatic rings. The van der Waals surface area contributed by atoms with E-state index in [1.165, 1.54) is 0 Å². The number of aryl methyl sites for hydroxylation is 1. The Hall–Kier alpha value is -4.40. The molecular formula is C28H30N6O3. The number of nitrogens with zero attached hydrogens (tertiary/aromatic N) is 5. The lowest BCUT2D eigenvalue weighted by molar-refractivity contribution is -0.131. The van der Waals surface area contributed by atoms with Gasteiger partial charge in [-0.3, -0.25) is 14.3 Å². The number of methoxy groups -OCH3 is 1. The normalized spacial score (nSPS) is 13.5. The zero-order valence-electron chi connectivity index (χ0n) is 21.3. The molecule has 0 fully saturated rings. The van der Waals surface area contributed by atoms with Gasteiger partial charge in [0, 0.05) is 56.3 Å². The van der Waals surface area contributed by atoms with Crippen LogP contribution in [-0.4, -0.2) is 75.9 Å². The smallest absolute Gasteiger partial charge is 0.269 e. The van der Waals surface area contributed by atoms with Crippen molar-refractivity contribution in [2.75, 3.05) is 34.3 Å². The molecule has 2 aromatic heterocycles. The molecule has 9 heteroatoms. The molecule has 1 aliphatic rings. The zero-order valence-corrected chi connectivity index (χ0v) is 21.3. The van der Waals surface area contributed by atoms with Crippen molar-refractivity contribution in [3.8, 4) is 16.9 Å². The Morgan fingerprint density at radius 1 is 1.14 bits per heavy atom. The molecule has 0 unspecified atom stereocenters. The van der Waals surface area contributed by atoms with Gasteiger partial charge >= 0.3 is 0 Å². The number of H-pyrrole nitrogens is 1. The highest BCUT2D eigenvalue weighted by Gasteiger charge is 2.22. The number of aromatic amines is 1. The van der Waals surface area contributed by atoms with E-state index >= 15 is 0 Å². The second-order valence-electron chi connectivity index (χ2n) is 9.32. The van der Waals surface area contributed by atoms with Crippen molar-refractivity contribution in [3.63, 3.8) is 0 Å². The summed E-state index contributed by atoms with van der Waals surface area (Å²) in [6, 6.07) is 14.0. The quantitative estimate of drug-likeness (QED) is 0.418. The van der Waals surface area contributed by atoms with Gasteiger partial charge in [0.2, 0.25) is 5.91 Å². The molecule has 0 aliphatic carbocycles. The second kappa shape index (κ2) is 10.3. The topological polar surface area (TPSA) is 96.3 Å². The predicted molar refractivity (Wildman–Crippen MR) is 142 cm³/mol. The Balaban J connectivity index is 1.51. The molecule has 0 saturated heterocycles. The van der Waals surface area contributed by atoms with Crippen molar-refractivity contribution in [2.24, 2.45) is 0 Å². The lowest BCUT2D eigenvalue weighted by Crippen LogP contribution is -2.35. The maximum absolute atomic E-state index is 13.0. The number of nitrogens with one attached hydrogen (secondary N) is 1. The van der Waals surface area contributed by atoms with Crippen molar-refractivity contribution >= 4 is 28.3 Å². The van der Waals surface area contributed by atoms with Gasteiger partial charge < -0.3 is 19.5 Å². The lowest BCUT2D eigenvalue weighted by atomic mass is 9.93. The minimum absolute atomic E-state index is 0.0888. The molecule has 0 spiro atoms. The number of amides is 2. The summed E-state index contributed by atoms with van der Waals surface area (Å²) in [6.45, 7) is 1.71. The van der Waals surface area contributed by atoms with E-state index in [0.717, 1.165) is 45.3 Å². The number of fused-ring (bicyclic) bond motifs is 1. The third-order valence-electron chi connectivity index (χ3n) is 6.67. The maximum atomic E-state index is 13.0. The first-order chi connectivity index (χ1) is 17.9. The molecule has 2 amide bonds. The van der Waals surface area contributed by atoms with Crippen LogP contribution in [0.25, 0.3) is 27.6 Å². The SMILES string of the molecule is COc1ccccc1-c1cc(C2=CCCN(C(=O)CCn3ccnn3)C2)cc2[nH]c(C(=O)N(C)C)cc12. The van der Waals surface area contributed by atoms with Crippen molar-refractivity contribution in [3.05, 3.63) is 72.2 Å². The fourth-order valence-electron chi connectivity index (χ4n) is 4.76. The maximum Gasteiger partial charge on any atom is 0.269 e. The van der Waals surface area contributed by atoms with Crippen molar-refractivity contribution in [2.45, 2.75) is 19.4 Å². The molecule has 0 atom stereocenters. The molecule has 0 radical (unpaired) electrons. The van der Waals surface area contributed by atoms with E-state index in [0.29, 0.717) is 31.7 Å². The van der Waals surface area contributed by atoms with Crippen molar-refractivity contribution in [1.29, 1.82) is 0 Å². The molecule has 9 nitrogen and oxygen atoms in total. The molecule has 2 aromatic carbocycles. The number of hydrogen-bond donors (Lipinski definition) is 1. The van der Waals surface area contributed by atoms with Gasteiger partial charge in [0.25, 0.3) is 5.91 Å². The second-order valence-corrected chi connectivity index (χ2v) is 9.32. The molecular weight excluding hydrogens is 468 g/mol. The molecule has 3 heterocycles. The largest absolute Gasteiger partial charge is 0.496 e. The van der Waals surface area contributed by atoms with Crippen molar-refractivity contribution < 1.29 is 14.3 Å². The number of carbonyl (C=O) groups is 2. The van der Waals surface area contributed by atoms with Crippen LogP contribution in [0, 0.1) is 0 Å². The van der Waals surface area contributed by atoms with Crippen LogP contribution in [0.15, 0.2) is 60.9 Å². The summed E-state index contributed by atoms with van der Waals surface area (Å²) in [5.74, 6) is 0.751. The summed E-state index contributed by atoms with van der Waals surface area (Å²) in [5, 5.41) is 8.69. The summed E-state index contributed by atoms with van der Waals surface area (Å²) in [5.41, 5.74) is 5.38. The van der Waals surface area contributed by atoms with Gasteiger partial charge in [-0.15, -0.1) is 5.10 Å². The third kappa shape index (κ3) is 4.97. The number of hydrogen-bond acceptors (Lipinski definition) is 5. The fourth-order valence-corrected chi connectivity index (χ4v) is 4.76. The Bertz CT molecular complexity index is 1470. The molecule has 0 bridgehead atoms. The molecule has 190 valence electrons. The number of carbonyl (C=O) groups excluding carboxylic acids is 2. The highest BCUT2D eigenvalue weighted by atomic mass is 16.5. The fraction of sp³-hybridized carbons (Fsp3) is 0.286. The first-order valence-electron chi connectivity index (χ1n) is 12.3. The van der Waals surface area contributed by atoms with Crippen LogP contribution in [0.3, 0.4) is 0 Å². The Morgan fingerprint density at radius 3 is 2.73 bits per heavy atom. The van der Waals surface area contributed by atoms with E-state index in [9.17, 15) is 9.59 Å². The van der Waals surface area contributed by atoms with Gasteiger partial charge in [0.15, 0.2) is 0 Å². The van der Waals surface area contributed by atoms with Crippen LogP contribution in [-0.2, 0) is 11.3 Å². The Kier molecular flexibility index (Phi) is 6.76. The number of para-hydroxylation sites is 1. The van der Waals surface area contributed by atoms with Crippen LogP contribution in [0.5, 0.6) is 5.75 Å². The van der Waals surface area contributed by atoms with E-state index in [-0.39, 0.29) is 11.8 Å². The predicted octanol–water partition coefficient (Wildman–Crippen LogP) is 3.84. The van der Waals surface area contributed by atoms with Gasteiger partial charge in [-0.25, -0.2) is 0 Å². The van der Waals surface area contributed by atoms with Gasteiger partial charge in [-0.2, -0.15) is 0 Å². The first-order valence-corrected chi connectivity index (χ1v) is 12.3. The lowest BCUT2D eigenvalue weighted by Gasteiger charge is -2.28. The van der Waals surface area contributed by atoms with E-state index in [1.807, 2.05) is 35.2 Å². The number of benzene rings is 2. The van der Waals surface area contributed by atoms with Crippen LogP contribution >= 0.6 is 0 Å². The number of rotatable bonds is 7. The summed E-state index contributed by atoms with van der Waals surface area (Å²) in [7, 11) is 5.13. The standard InChI is InChI=1S/C28H30N6O3/c1-32(2)28(36)25-17-23-22(21-8-4-5-9-26(21)37-3)15-20(16-24(23)30-25)19-7-6-12-33(18-19)27(35)10-13-34-14-11-29-31-34/h4-5,7-9,11,14-17,30H,6,10,12-13,18H2,1-3H3. The average molecular weight is 499 g/mol. The van der Waals surface area contributed by atoms with Crippen LogP contribution in [0.2, 0.25) is 0 Å². The van der Waals surface area contributed by atoms with Crippen LogP contribution in [0.4, 0.5) is 0 Å². The Labute approximate surface area is 215 Å². The molecule has 5 rings (SSSR count). The van der Waals surface area contributed by atoms with E-state index in [4.69, 9.17) is 4.74 Å². The molecule has 1 N–H and O–H groups in total. The summed E-state index contributed by atoms with van der Waals surface area (Å²) >= 11 is 0. The van der Waals surface area contributed by atoms with Crippen molar-refractivity contribution in [1.82, 2.24) is 29.8 Å². The summed E-state index contributed by atoms with van der Waals surface area (Å²) in [4.78, 5) is 32.5. The van der Waals surface area contributed by atoms with Crippen LogP contribution in [0.1, 0.15) is 28.9 Å². The molecule has 37 heavy (non-hydrogen) atoms. The number of aromatic nitrogens is 4. The molecule has 0 saturated carbocycles. The number of ether oxygens (including phenoxy) is 1. The highest BCUT2D eigenvalue weighted by Crippen LogP contribution is 2.38. The summed E-state index contributed by atoms with van der Waals surface area (Å²) in [6.07, 6.45) is 6.72. The first kappa shape index (κ1) is 24.3. The minimum Gasteiger partial charge on any atom is -0.496 e. The third-order valence-corrected chi connectivity index (χ3v) is 6.67. The van der Waals surface area contributed by atoms with Crippen LogP contribution < -0.4 is 4.74 Å². The minimum atomic E-state index is -0.0928. The Morgan fingerprint density at radius 2 is 1.97 bits per heavy atom. The summed E-state index contributed by atoms with van der Waals surface area (Å²) < 4.78 is 7.34. The monoisotopic (exact) mass is 498 g/mol. The highest BCUT2D eigenvalue weighted by molar-refractivity contribution is 6.04. The van der Waals surface area contributed by atoms with E-state index in [2.05, 4.69) is 33.5 Å². The van der Waals surface area contributed by atoms with Gasteiger partial charge in [0.05, 0.1) is 19.9 Å². The van der Waals surface area contributed by atoms with E-state index < -0.39 is 0 Å². The van der Waals surface area contributed by atoms with Gasteiger partial charge in [0.1, 0.15) is 11.4 Å². The average Bonchev–Trinajstić information content (AvgIpc) is 3.60. The van der Waals surface area contributed by atoms with Gasteiger partial charge in [-0.1, -0.05) is 29.5 Å². The van der Waals surface area contributed by atoms with E-state index in [1.54, 1.807) is 43.2 Å². The molecule has 1 aliphatic heterocycles. The van der Waals surface area contributed by atoms with Gasteiger partial charge in [-0.05, 0) is 47.4 Å². The zero-order chi connectivity index (χ0) is 25.9.